The topological polar surface area (TPSA) is 138 Å². The number of aromatic nitrogens is 1. The molecule has 1 heterocycles. The lowest BCUT2D eigenvalue weighted by molar-refractivity contribution is -0.131. The molecule has 6 N–H and O–H groups in total. The van der Waals surface area contributed by atoms with Gasteiger partial charge in [-0.05, 0) is 38.3 Å². The molecule has 2 rings (SSSR count). The zero-order valence-electron chi connectivity index (χ0n) is 18.7. The summed E-state index contributed by atoms with van der Waals surface area (Å²) in [6.45, 7) is 8.98. The lowest BCUT2D eigenvalue weighted by atomic mass is 9.97. The molecule has 0 fully saturated rings. The Balaban J connectivity index is 2.28. The summed E-state index contributed by atoms with van der Waals surface area (Å²) in [6.07, 6.45) is 1.97. The van der Waals surface area contributed by atoms with Crippen LogP contribution in [-0.4, -0.2) is 40.6 Å². The highest BCUT2D eigenvalue weighted by Gasteiger charge is 2.31. The Labute approximate surface area is 182 Å². The maximum atomic E-state index is 13.1. The fourth-order valence-electron chi connectivity index (χ4n) is 3.23. The van der Waals surface area contributed by atoms with Gasteiger partial charge in [0.15, 0.2) is 0 Å². The highest BCUT2D eigenvalue weighted by atomic mass is 16.6. The second-order valence-electron chi connectivity index (χ2n) is 8.64. The number of fused-ring (bicyclic) bond motifs is 1. The van der Waals surface area contributed by atoms with Crippen LogP contribution in [0.25, 0.3) is 10.9 Å². The summed E-state index contributed by atoms with van der Waals surface area (Å²) in [5.41, 5.74) is 3.16. The van der Waals surface area contributed by atoms with E-state index in [9.17, 15) is 14.4 Å². The molecule has 0 aliphatic heterocycles. The molecule has 0 radical (unpaired) electrons. The van der Waals surface area contributed by atoms with E-state index >= 15 is 0 Å². The van der Waals surface area contributed by atoms with Crippen LogP contribution in [0.3, 0.4) is 0 Å². The number of alkyl carbamates (subject to hydrolysis) is 1. The van der Waals surface area contributed by atoms with Gasteiger partial charge in [-0.25, -0.2) is 10.6 Å². The van der Waals surface area contributed by atoms with E-state index in [2.05, 4.69) is 21.0 Å². The second kappa shape index (κ2) is 10.3. The lowest BCUT2D eigenvalue weighted by Crippen LogP contribution is -2.57. The quantitative estimate of drug-likeness (QED) is 0.248. The molecule has 0 saturated carbocycles. The van der Waals surface area contributed by atoms with Gasteiger partial charge < -0.3 is 20.4 Å². The summed E-state index contributed by atoms with van der Waals surface area (Å²) in [5.74, 6) is 4.15. The number of hydrogen-bond donors (Lipinski definition) is 5. The van der Waals surface area contributed by atoms with Crippen molar-refractivity contribution >= 4 is 28.8 Å². The van der Waals surface area contributed by atoms with Crippen LogP contribution >= 0.6 is 0 Å². The monoisotopic (exact) mass is 431 g/mol. The average molecular weight is 432 g/mol. The van der Waals surface area contributed by atoms with Crippen molar-refractivity contribution in [1.29, 1.82) is 0 Å². The number of ether oxygens (including phenoxy) is 1. The van der Waals surface area contributed by atoms with Gasteiger partial charge in [-0.2, -0.15) is 0 Å². The van der Waals surface area contributed by atoms with Crippen molar-refractivity contribution in [3.05, 3.63) is 36.0 Å². The molecule has 9 heteroatoms. The van der Waals surface area contributed by atoms with E-state index < -0.39 is 35.6 Å². The summed E-state index contributed by atoms with van der Waals surface area (Å²) in [6, 6.07) is 5.90. The number of carbonyl (C=O) groups is 3. The molecule has 170 valence electrons. The minimum Gasteiger partial charge on any atom is -0.444 e. The normalized spacial score (nSPS) is 14.4. The Morgan fingerprint density at radius 1 is 1.13 bits per heavy atom. The van der Waals surface area contributed by atoms with Crippen LogP contribution in [0.2, 0.25) is 0 Å². The van der Waals surface area contributed by atoms with Crippen molar-refractivity contribution in [3.8, 4) is 0 Å². The maximum absolute atomic E-state index is 13.1. The van der Waals surface area contributed by atoms with E-state index in [4.69, 9.17) is 10.6 Å². The van der Waals surface area contributed by atoms with Crippen LogP contribution in [0, 0.1) is 5.92 Å². The summed E-state index contributed by atoms with van der Waals surface area (Å²) in [4.78, 5) is 40.9. The van der Waals surface area contributed by atoms with E-state index in [1.165, 1.54) is 0 Å². The summed E-state index contributed by atoms with van der Waals surface area (Å²) in [5, 5.41) is 6.33. The van der Waals surface area contributed by atoms with Gasteiger partial charge >= 0.3 is 6.09 Å². The van der Waals surface area contributed by atoms with Gasteiger partial charge in [0.05, 0.1) is 0 Å². The van der Waals surface area contributed by atoms with Crippen LogP contribution in [0.5, 0.6) is 0 Å². The molecule has 0 unspecified atom stereocenters. The van der Waals surface area contributed by atoms with Gasteiger partial charge in [0.25, 0.3) is 5.91 Å². The molecule has 1 aromatic heterocycles. The second-order valence-corrected chi connectivity index (χ2v) is 8.64. The predicted molar refractivity (Wildman–Crippen MR) is 119 cm³/mol. The van der Waals surface area contributed by atoms with Crippen molar-refractivity contribution in [2.75, 3.05) is 0 Å². The highest BCUT2D eigenvalue weighted by molar-refractivity contribution is 5.92. The van der Waals surface area contributed by atoms with Crippen LogP contribution in [0.1, 0.15) is 46.6 Å². The Morgan fingerprint density at radius 3 is 2.42 bits per heavy atom. The van der Waals surface area contributed by atoms with E-state index in [0.717, 1.165) is 16.5 Å². The van der Waals surface area contributed by atoms with Crippen molar-refractivity contribution in [2.45, 2.75) is 65.1 Å². The molecule has 0 aliphatic rings. The first kappa shape index (κ1) is 24.2. The first-order valence-corrected chi connectivity index (χ1v) is 10.4. The largest absolute Gasteiger partial charge is 0.444 e. The van der Waals surface area contributed by atoms with E-state index in [1.807, 2.05) is 38.1 Å². The van der Waals surface area contributed by atoms with Gasteiger partial charge in [-0.15, -0.1) is 0 Å². The molecule has 9 nitrogen and oxygen atoms in total. The Morgan fingerprint density at radius 2 is 1.81 bits per heavy atom. The van der Waals surface area contributed by atoms with Crippen molar-refractivity contribution < 1.29 is 19.1 Å². The van der Waals surface area contributed by atoms with Gasteiger partial charge in [-0.3, -0.25) is 15.0 Å². The standard InChI is InChI=1S/C22H33N5O4/c1-6-13(2)18(20(29)27-23)26-19(28)17(25-21(30)31-22(3,4)5)11-14-12-24-16-10-8-7-9-15(14)16/h7-10,12-13,17-18,24H,6,11,23H2,1-5H3,(H,25,30)(H,26,28)(H,27,29)/t13-,17-,18+/m1/s1. The minimum atomic E-state index is -0.953. The zero-order valence-corrected chi connectivity index (χ0v) is 18.7. The predicted octanol–water partition coefficient (Wildman–Crippen LogP) is 2.12. The molecule has 2 aromatic rings. The molecular weight excluding hydrogens is 398 g/mol. The van der Waals surface area contributed by atoms with Crippen molar-refractivity contribution in [2.24, 2.45) is 11.8 Å². The molecule has 31 heavy (non-hydrogen) atoms. The summed E-state index contributed by atoms with van der Waals surface area (Å²) in [7, 11) is 0. The molecule has 0 bridgehead atoms. The Hall–Kier alpha value is -3.07. The smallest absolute Gasteiger partial charge is 0.408 e. The number of hydrogen-bond acceptors (Lipinski definition) is 5. The first-order chi connectivity index (χ1) is 14.6. The maximum Gasteiger partial charge on any atom is 0.408 e. The van der Waals surface area contributed by atoms with E-state index in [1.54, 1.807) is 27.0 Å². The van der Waals surface area contributed by atoms with Crippen LogP contribution in [0.15, 0.2) is 30.5 Å². The summed E-state index contributed by atoms with van der Waals surface area (Å²) >= 11 is 0. The lowest BCUT2D eigenvalue weighted by Gasteiger charge is -2.27. The third-order valence-corrected chi connectivity index (χ3v) is 5.04. The average Bonchev–Trinajstić information content (AvgIpc) is 3.11. The number of amides is 3. The van der Waals surface area contributed by atoms with Gasteiger partial charge in [-0.1, -0.05) is 38.5 Å². The van der Waals surface area contributed by atoms with Gasteiger partial charge in [0.1, 0.15) is 17.7 Å². The SMILES string of the molecule is CC[C@@H](C)[C@H](NC(=O)[C@@H](Cc1c[nH]c2ccccc12)NC(=O)OC(C)(C)C)C(=O)NN. The van der Waals surface area contributed by atoms with Crippen LogP contribution in [-0.2, 0) is 20.7 Å². The molecule has 0 saturated heterocycles. The minimum absolute atomic E-state index is 0.150. The molecule has 1 aromatic carbocycles. The van der Waals surface area contributed by atoms with E-state index in [-0.39, 0.29) is 12.3 Å². The molecule has 3 atom stereocenters. The fourth-order valence-corrected chi connectivity index (χ4v) is 3.23. The van der Waals surface area contributed by atoms with Crippen molar-refractivity contribution in [3.63, 3.8) is 0 Å². The Kier molecular flexibility index (Phi) is 8.04. The number of para-hydroxylation sites is 1. The number of benzene rings is 1. The van der Waals surface area contributed by atoms with Gasteiger partial charge in [0, 0.05) is 23.5 Å². The number of rotatable bonds is 8. The fraction of sp³-hybridized carbons (Fsp3) is 0.500. The summed E-state index contributed by atoms with van der Waals surface area (Å²) < 4.78 is 5.33. The van der Waals surface area contributed by atoms with Crippen molar-refractivity contribution in [1.82, 2.24) is 21.0 Å². The van der Waals surface area contributed by atoms with Crippen LogP contribution in [0.4, 0.5) is 4.79 Å². The molecular formula is C22H33N5O4. The first-order valence-electron chi connectivity index (χ1n) is 10.4. The Bertz CT molecular complexity index is 918. The number of nitrogens with one attached hydrogen (secondary N) is 4. The van der Waals surface area contributed by atoms with E-state index in [0.29, 0.717) is 6.42 Å². The molecule has 0 aliphatic carbocycles. The number of nitrogens with two attached hydrogens (primary N) is 1. The third-order valence-electron chi connectivity index (χ3n) is 5.04. The number of aromatic amines is 1. The third kappa shape index (κ3) is 6.71. The molecule has 3 amide bonds. The van der Waals surface area contributed by atoms with Crippen LogP contribution < -0.4 is 21.9 Å². The number of H-pyrrole nitrogens is 1. The number of carbonyl (C=O) groups excluding carboxylic acids is 3. The number of hydrazine groups is 1. The zero-order chi connectivity index (χ0) is 23.2. The highest BCUT2D eigenvalue weighted by Crippen LogP contribution is 2.20. The molecule has 0 spiro atoms. The van der Waals surface area contributed by atoms with Gasteiger partial charge in [0.2, 0.25) is 5.91 Å².